The second-order valence-corrected chi connectivity index (χ2v) is 5.15. The minimum Gasteiger partial charge on any atom is -0.338 e. The molecule has 0 radical (unpaired) electrons. The first-order chi connectivity index (χ1) is 10.1. The Bertz CT molecular complexity index is 568. The lowest BCUT2D eigenvalue weighted by atomic mass is 9.90. The van der Waals surface area contributed by atoms with Crippen LogP contribution in [-0.4, -0.2) is 30.2 Å². The van der Waals surface area contributed by atoms with Gasteiger partial charge in [0.1, 0.15) is 5.78 Å². The summed E-state index contributed by atoms with van der Waals surface area (Å²) in [5, 5.41) is 0. The van der Waals surface area contributed by atoms with Gasteiger partial charge in [-0.3, -0.25) is 9.59 Å². The van der Waals surface area contributed by atoms with E-state index in [-0.39, 0.29) is 24.2 Å². The van der Waals surface area contributed by atoms with Crippen LogP contribution in [-0.2, 0) is 9.59 Å². The van der Waals surface area contributed by atoms with E-state index in [4.69, 9.17) is 0 Å². The SMILES string of the molecule is CC(=O)CN(C)C(=O)C(c1ccccc1)c1ccccc1. The van der Waals surface area contributed by atoms with Crippen LogP contribution in [0.5, 0.6) is 0 Å². The number of nitrogens with zero attached hydrogens (tertiary/aromatic N) is 1. The Kier molecular flexibility index (Phi) is 4.88. The molecule has 0 aliphatic heterocycles. The summed E-state index contributed by atoms with van der Waals surface area (Å²) in [5.41, 5.74) is 1.87. The number of amides is 1. The molecule has 1 amide bonds. The monoisotopic (exact) mass is 281 g/mol. The molecule has 0 aliphatic rings. The van der Waals surface area contributed by atoms with E-state index in [0.717, 1.165) is 11.1 Å². The van der Waals surface area contributed by atoms with E-state index in [1.165, 1.54) is 11.8 Å². The maximum atomic E-state index is 12.8. The highest BCUT2D eigenvalue weighted by molar-refractivity contribution is 5.90. The van der Waals surface area contributed by atoms with Gasteiger partial charge in [-0.05, 0) is 18.1 Å². The van der Waals surface area contributed by atoms with E-state index in [2.05, 4.69) is 0 Å². The van der Waals surface area contributed by atoms with Crippen molar-refractivity contribution in [2.24, 2.45) is 0 Å². The highest BCUT2D eigenvalue weighted by Gasteiger charge is 2.25. The van der Waals surface area contributed by atoms with Crippen LogP contribution in [0.3, 0.4) is 0 Å². The lowest BCUT2D eigenvalue weighted by Crippen LogP contribution is -2.35. The van der Waals surface area contributed by atoms with E-state index in [9.17, 15) is 9.59 Å². The normalized spacial score (nSPS) is 10.4. The lowest BCUT2D eigenvalue weighted by Gasteiger charge is -2.23. The number of hydrogen-bond donors (Lipinski definition) is 0. The fourth-order valence-electron chi connectivity index (χ4n) is 2.40. The van der Waals surface area contributed by atoms with Crippen molar-refractivity contribution in [2.45, 2.75) is 12.8 Å². The molecule has 21 heavy (non-hydrogen) atoms. The van der Waals surface area contributed by atoms with Crippen LogP contribution in [0, 0.1) is 0 Å². The number of carbonyl (C=O) groups excluding carboxylic acids is 2. The molecule has 0 fully saturated rings. The van der Waals surface area contributed by atoms with E-state index in [0.29, 0.717) is 0 Å². The fourth-order valence-corrected chi connectivity index (χ4v) is 2.40. The van der Waals surface area contributed by atoms with Gasteiger partial charge in [-0.1, -0.05) is 60.7 Å². The topological polar surface area (TPSA) is 37.4 Å². The van der Waals surface area contributed by atoms with Crippen molar-refractivity contribution >= 4 is 11.7 Å². The molecule has 3 heteroatoms. The Morgan fingerprint density at radius 3 is 1.71 bits per heavy atom. The third-order valence-corrected chi connectivity index (χ3v) is 3.35. The molecule has 108 valence electrons. The zero-order valence-electron chi connectivity index (χ0n) is 12.3. The summed E-state index contributed by atoms with van der Waals surface area (Å²) in [6, 6.07) is 19.3. The second-order valence-electron chi connectivity index (χ2n) is 5.15. The molecule has 0 unspecified atom stereocenters. The van der Waals surface area contributed by atoms with Crippen molar-refractivity contribution in [1.82, 2.24) is 4.90 Å². The molecule has 0 heterocycles. The van der Waals surface area contributed by atoms with Crippen LogP contribution in [0.1, 0.15) is 24.0 Å². The molecule has 0 N–H and O–H groups in total. The highest BCUT2D eigenvalue weighted by atomic mass is 16.2. The summed E-state index contributed by atoms with van der Waals surface area (Å²) in [6.07, 6.45) is 0. The van der Waals surface area contributed by atoms with Crippen molar-refractivity contribution in [2.75, 3.05) is 13.6 Å². The van der Waals surface area contributed by atoms with Gasteiger partial charge < -0.3 is 4.90 Å². The van der Waals surface area contributed by atoms with Gasteiger partial charge >= 0.3 is 0 Å². The van der Waals surface area contributed by atoms with Crippen molar-refractivity contribution in [3.63, 3.8) is 0 Å². The largest absolute Gasteiger partial charge is 0.338 e. The number of rotatable bonds is 5. The molecule has 0 spiro atoms. The van der Waals surface area contributed by atoms with Gasteiger partial charge in [-0.25, -0.2) is 0 Å². The van der Waals surface area contributed by atoms with Crippen LogP contribution in [0.25, 0.3) is 0 Å². The number of carbonyl (C=O) groups is 2. The number of hydrogen-bond acceptors (Lipinski definition) is 2. The van der Waals surface area contributed by atoms with Crippen molar-refractivity contribution < 1.29 is 9.59 Å². The molecule has 0 aliphatic carbocycles. The molecular weight excluding hydrogens is 262 g/mol. The standard InChI is InChI=1S/C18H19NO2/c1-14(20)13-19(2)18(21)17(15-9-5-3-6-10-15)16-11-7-4-8-12-16/h3-12,17H,13H2,1-2H3. The van der Waals surface area contributed by atoms with Crippen LogP contribution in [0.15, 0.2) is 60.7 Å². The number of benzene rings is 2. The molecule has 0 bridgehead atoms. The molecule has 2 rings (SSSR count). The molecule has 0 saturated carbocycles. The molecule has 0 aromatic heterocycles. The first-order valence-electron chi connectivity index (χ1n) is 6.94. The third-order valence-electron chi connectivity index (χ3n) is 3.35. The van der Waals surface area contributed by atoms with E-state index >= 15 is 0 Å². The summed E-state index contributed by atoms with van der Waals surface area (Å²) in [7, 11) is 1.67. The zero-order chi connectivity index (χ0) is 15.2. The summed E-state index contributed by atoms with van der Waals surface area (Å²) in [5.74, 6) is -0.468. The summed E-state index contributed by atoms with van der Waals surface area (Å²) >= 11 is 0. The zero-order valence-corrected chi connectivity index (χ0v) is 12.3. The summed E-state index contributed by atoms with van der Waals surface area (Å²) in [6.45, 7) is 1.62. The van der Waals surface area contributed by atoms with Gasteiger partial charge in [-0.2, -0.15) is 0 Å². The Labute approximate surface area is 125 Å². The first-order valence-corrected chi connectivity index (χ1v) is 6.94. The predicted molar refractivity (Wildman–Crippen MR) is 83.0 cm³/mol. The van der Waals surface area contributed by atoms with Crippen molar-refractivity contribution in [3.05, 3.63) is 71.8 Å². The van der Waals surface area contributed by atoms with Crippen LogP contribution >= 0.6 is 0 Å². The van der Waals surface area contributed by atoms with Gasteiger partial charge in [0.2, 0.25) is 5.91 Å². The lowest BCUT2D eigenvalue weighted by molar-refractivity contribution is -0.134. The van der Waals surface area contributed by atoms with Gasteiger partial charge in [0, 0.05) is 7.05 Å². The van der Waals surface area contributed by atoms with Gasteiger partial charge in [0.05, 0.1) is 12.5 Å². The van der Waals surface area contributed by atoms with Gasteiger partial charge in [-0.15, -0.1) is 0 Å². The molecule has 0 saturated heterocycles. The van der Waals surface area contributed by atoms with E-state index in [1.807, 2.05) is 60.7 Å². The highest BCUT2D eigenvalue weighted by Crippen LogP contribution is 2.26. The van der Waals surface area contributed by atoms with Gasteiger partial charge in [0.25, 0.3) is 0 Å². The first kappa shape index (κ1) is 15.0. The van der Waals surface area contributed by atoms with Crippen LogP contribution < -0.4 is 0 Å². The van der Waals surface area contributed by atoms with Crippen LogP contribution in [0.2, 0.25) is 0 Å². The molecule has 2 aromatic carbocycles. The predicted octanol–water partition coefficient (Wildman–Crippen LogP) is 2.87. The summed E-state index contributed by atoms with van der Waals surface area (Å²) in [4.78, 5) is 25.5. The fraction of sp³-hybridized carbons (Fsp3) is 0.222. The number of Topliss-reactive ketones (excluding diaryl/α,β-unsaturated/α-hetero) is 1. The maximum Gasteiger partial charge on any atom is 0.234 e. The van der Waals surface area contributed by atoms with Gasteiger partial charge in [0.15, 0.2) is 0 Å². The quantitative estimate of drug-likeness (QED) is 0.845. The maximum absolute atomic E-state index is 12.8. The third kappa shape index (κ3) is 3.78. The van der Waals surface area contributed by atoms with Crippen LogP contribution in [0.4, 0.5) is 0 Å². The molecule has 3 nitrogen and oxygen atoms in total. The minimum atomic E-state index is -0.378. The Morgan fingerprint density at radius 2 is 1.33 bits per heavy atom. The Morgan fingerprint density at radius 1 is 0.905 bits per heavy atom. The van der Waals surface area contributed by atoms with Crippen molar-refractivity contribution in [3.8, 4) is 0 Å². The molecule has 0 atom stereocenters. The second kappa shape index (κ2) is 6.84. The van der Waals surface area contributed by atoms with Crippen molar-refractivity contribution in [1.29, 1.82) is 0 Å². The van der Waals surface area contributed by atoms with E-state index < -0.39 is 0 Å². The Balaban J connectivity index is 2.37. The number of ketones is 1. The average molecular weight is 281 g/mol. The van der Waals surface area contributed by atoms with E-state index in [1.54, 1.807) is 7.05 Å². The Hall–Kier alpha value is -2.42. The smallest absolute Gasteiger partial charge is 0.234 e. The minimum absolute atomic E-state index is 0.0225. The average Bonchev–Trinajstić information content (AvgIpc) is 2.49. The molecule has 2 aromatic rings. The number of likely N-dealkylation sites (N-methyl/N-ethyl adjacent to an activating group) is 1. The summed E-state index contributed by atoms with van der Waals surface area (Å²) < 4.78 is 0. The molecular formula is C18H19NO2.